The third kappa shape index (κ3) is 3.29. The minimum atomic E-state index is -0.645. The predicted octanol–water partition coefficient (Wildman–Crippen LogP) is 7.93. The van der Waals surface area contributed by atoms with Gasteiger partial charge in [0.05, 0.1) is 6.57 Å². The number of allylic oxidation sites excluding steroid dienone is 4. The molecule has 3 fully saturated rings. The fourth-order valence-corrected chi connectivity index (χ4v) is 10.6. The van der Waals surface area contributed by atoms with Gasteiger partial charge in [-0.15, -0.1) is 0 Å². The molecule has 0 spiro atoms. The second-order valence-corrected chi connectivity index (χ2v) is 15.6. The summed E-state index contributed by atoms with van der Waals surface area (Å²) in [7, 11) is 0. The van der Waals surface area contributed by atoms with Crippen LogP contribution in [0.5, 0.6) is 0 Å². The minimum absolute atomic E-state index is 0.0581. The van der Waals surface area contributed by atoms with Crippen molar-refractivity contribution in [1.82, 2.24) is 0 Å². The number of Topliss-reactive ketones (excluding diaryl/α,β-unsaturated/α-hetero) is 2. The summed E-state index contributed by atoms with van der Waals surface area (Å²) in [4.78, 5) is 45.2. The predicted molar refractivity (Wildman–Crippen MR) is 150 cm³/mol. The van der Waals surface area contributed by atoms with Crippen LogP contribution >= 0.6 is 0 Å². The Morgan fingerprint density at radius 1 is 1.00 bits per heavy atom. The standard InChI is InChI=1S/C34H47NO3/c1-10-11-26(37)34-16-14-29(2,3)19-21(34)27-23(36)18-25-31(6)20-22(35-9)28(38)30(4,5)24(31)12-13-32(25,7)33(27,8)15-17-34/h18,20-21,24,27H,10-17,19H2,1-8H3/t21-,24-,27-,31-,32+,33+,34-/m0/s1. The van der Waals surface area contributed by atoms with E-state index < -0.39 is 10.8 Å². The van der Waals surface area contributed by atoms with E-state index in [2.05, 4.69) is 46.4 Å². The van der Waals surface area contributed by atoms with E-state index >= 15 is 0 Å². The average Bonchev–Trinajstić information content (AvgIpc) is 2.82. The summed E-state index contributed by atoms with van der Waals surface area (Å²) in [5.41, 5.74) is -0.527. The smallest absolute Gasteiger partial charge is 0.226 e. The molecule has 0 saturated heterocycles. The number of fused-ring (bicyclic) bond motifs is 7. The highest BCUT2D eigenvalue weighted by molar-refractivity contribution is 6.03. The van der Waals surface area contributed by atoms with E-state index in [1.807, 2.05) is 26.0 Å². The van der Waals surface area contributed by atoms with Gasteiger partial charge in [-0.3, -0.25) is 9.59 Å². The third-order valence-corrected chi connectivity index (χ3v) is 12.9. The first-order chi connectivity index (χ1) is 17.5. The molecule has 3 saturated carbocycles. The molecule has 4 nitrogen and oxygen atoms in total. The Kier molecular flexibility index (Phi) is 5.98. The van der Waals surface area contributed by atoms with Gasteiger partial charge in [-0.05, 0) is 85.5 Å². The lowest BCUT2D eigenvalue weighted by Gasteiger charge is -2.69. The van der Waals surface area contributed by atoms with Gasteiger partial charge in [0.1, 0.15) is 5.78 Å². The fraction of sp³-hybridized carbons (Fsp3) is 0.765. The van der Waals surface area contributed by atoms with Crippen LogP contribution < -0.4 is 0 Å². The van der Waals surface area contributed by atoms with Crippen LogP contribution in [0, 0.1) is 56.8 Å². The van der Waals surface area contributed by atoms with E-state index in [0.29, 0.717) is 12.2 Å². The lowest BCUT2D eigenvalue weighted by atomic mass is 9.34. The number of carbonyl (C=O) groups excluding carboxylic acids is 3. The summed E-state index contributed by atoms with van der Waals surface area (Å²) in [5, 5.41) is 0. The quantitative estimate of drug-likeness (QED) is 0.357. The first-order valence-corrected chi connectivity index (χ1v) is 15.0. The molecule has 0 bridgehead atoms. The summed E-state index contributed by atoms with van der Waals surface area (Å²) >= 11 is 0. The van der Waals surface area contributed by atoms with Crippen LogP contribution in [0.4, 0.5) is 0 Å². The van der Waals surface area contributed by atoms with Crippen LogP contribution in [-0.2, 0) is 14.4 Å². The minimum Gasteiger partial charge on any atom is -0.307 e. The molecule has 0 N–H and O–H groups in total. The Hall–Kier alpha value is -2.02. The summed E-state index contributed by atoms with van der Waals surface area (Å²) in [6.07, 6.45) is 11.8. The van der Waals surface area contributed by atoms with Crippen molar-refractivity contribution in [2.75, 3.05) is 0 Å². The van der Waals surface area contributed by atoms with Crippen LogP contribution in [0.1, 0.15) is 113 Å². The Morgan fingerprint density at radius 3 is 2.29 bits per heavy atom. The van der Waals surface area contributed by atoms with E-state index in [9.17, 15) is 14.4 Å². The van der Waals surface area contributed by atoms with Gasteiger partial charge in [-0.2, -0.15) is 0 Å². The number of hydrogen-bond acceptors (Lipinski definition) is 3. The van der Waals surface area contributed by atoms with Crippen molar-refractivity contribution in [3.8, 4) is 0 Å². The molecule has 5 aliphatic carbocycles. The van der Waals surface area contributed by atoms with Crippen molar-refractivity contribution >= 4 is 17.3 Å². The largest absolute Gasteiger partial charge is 0.307 e. The second-order valence-electron chi connectivity index (χ2n) is 15.6. The molecule has 5 rings (SSSR count). The Labute approximate surface area is 229 Å². The molecule has 0 heterocycles. The summed E-state index contributed by atoms with van der Waals surface area (Å²) in [6.45, 7) is 25.3. The van der Waals surface area contributed by atoms with Gasteiger partial charge in [0.25, 0.3) is 0 Å². The van der Waals surface area contributed by atoms with Crippen molar-refractivity contribution < 1.29 is 14.4 Å². The molecular weight excluding hydrogens is 470 g/mol. The van der Waals surface area contributed by atoms with Crippen molar-refractivity contribution in [1.29, 1.82) is 0 Å². The summed E-state index contributed by atoms with van der Waals surface area (Å²) in [5.74, 6) is 0.492. The highest BCUT2D eigenvalue weighted by Gasteiger charge is 2.70. The number of hydrogen-bond donors (Lipinski definition) is 0. The van der Waals surface area contributed by atoms with Crippen molar-refractivity contribution in [3.05, 3.63) is 34.8 Å². The van der Waals surface area contributed by atoms with E-state index in [1.165, 1.54) is 0 Å². The molecule has 0 aliphatic heterocycles. The molecule has 38 heavy (non-hydrogen) atoms. The lowest BCUT2D eigenvalue weighted by Crippen LogP contribution is -2.65. The lowest BCUT2D eigenvalue weighted by molar-refractivity contribution is -0.177. The SMILES string of the molecule is [C-]#[N+]C1=C[C@]2(C)C3=CC(=O)[C@@H]4[C@@H]5CC(C)(C)CC[C@]5(C(=O)CCC)CC[C@@]4(C)[C@]3(C)CC[C@H]2C(C)(C)C1=O. The second kappa shape index (κ2) is 8.25. The normalized spacial score (nSPS) is 44.9. The molecule has 4 heteroatoms. The van der Waals surface area contributed by atoms with Crippen molar-refractivity contribution in [2.24, 2.45) is 50.2 Å². The van der Waals surface area contributed by atoms with Crippen LogP contribution in [0.15, 0.2) is 23.4 Å². The number of ketones is 3. The zero-order chi connectivity index (χ0) is 28.1. The molecule has 5 aliphatic rings. The number of carbonyl (C=O) groups is 3. The van der Waals surface area contributed by atoms with E-state index in [1.54, 1.807) is 0 Å². The van der Waals surface area contributed by atoms with Gasteiger partial charge in [0, 0.05) is 28.6 Å². The maximum absolute atomic E-state index is 14.5. The Balaban J connectivity index is 1.69. The molecule has 7 atom stereocenters. The molecule has 206 valence electrons. The number of rotatable bonds is 3. The first kappa shape index (κ1) is 27.5. The molecule has 0 radical (unpaired) electrons. The summed E-state index contributed by atoms with van der Waals surface area (Å²) in [6, 6.07) is 0. The molecule has 0 unspecified atom stereocenters. The van der Waals surface area contributed by atoms with Gasteiger partial charge >= 0.3 is 0 Å². The van der Waals surface area contributed by atoms with Gasteiger partial charge < -0.3 is 4.79 Å². The molecule has 0 aromatic carbocycles. The van der Waals surface area contributed by atoms with Crippen LogP contribution in [0.3, 0.4) is 0 Å². The third-order valence-electron chi connectivity index (χ3n) is 12.9. The van der Waals surface area contributed by atoms with Gasteiger partial charge in [-0.25, -0.2) is 4.85 Å². The maximum atomic E-state index is 14.5. The molecule has 0 amide bonds. The van der Waals surface area contributed by atoms with Crippen LogP contribution in [-0.4, -0.2) is 17.3 Å². The fourth-order valence-electron chi connectivity index (χ4n) is 10.6. The monoisotopic (exact) mass is 517 g/mol. The topological polar surface area (TPSA) is 55.6 Å². The van der Waals surface area contributed by atoms with E-state index in [0.717, 1.165) is 56.9 Å². The van der Waals surface area contributed by atoms with Crippen LogP contribution in [0.2, 0.25) is 0 Å². The molecule has 0 aromatic rings. The van der Waals surface area contributed by atoms with E-state index in [4.69, 9.17) is 6.57 Å². The van der Waals surface area contributed by atoms with Crippen LogP contribution in [0.25, 0.3) is 4.85 Å². The highest BCUT2D eigenvalue weighted by atomic mass is 16.1. The number of nitrogens with zero attached hydrogens (tertiary/aromatic N) is 1. The Bertz CT molecular complexity index is 1210. The highest BCUT2D eigenvalue weighted by Crippen LogP contribution is 2.74. The Morgan fingerprint density at radius 2 is 1.66 bits per heavy atom. The molecular formula is C34H47NO3. The average molecular weight is 518 g/mol. The summed E-state index contributed by atoms with van der Waals surface area (Å²) < 4.78 is 0. The van der Waals surface area contributed by atoms with Crippen molar-refractivity contribution in [3.63, 3.8) is 0 Å². The zero-order valence-electron chi connectivity index (χ0n) is 24.9. The first-order valence-electron chi connectivity index (χ1n) is 15.0. The van der Waals surface area contributed by atoms with E-state index in [-0.39, 0.29) is 56.7 Å². The maximum Gasteiger partial charge on any atom is 0.226 e. The zero-order valence-corrected chi connectivity index (χ0v) is 24.9. The van der Waals surface area contributed by atoms with Crippen molar-refractivity contribution in [2.45, 2.75) is 113 Å². The van der Waals surface area contributed by atoms with Gasteiger partial charge in [-0.1, -0.05) is 67.0 Å². The van der Waals surface area contributed by atoms with Gasteiger partial charge in [0.15, 0.2) is 11.6 Å². The molecule has 0 aromatic heterocycles. The van der Waals surface area contributed by atoms with Gasteiger partial charge in [0.2, 0.25) is 5.70 Å².